The summed E-state index contributed by atoms with van der Waals surface area (Å²) in [7, 11) is 3.68. The molecule has 1 aliphatic rings. The molecule has 0 fully saturated rings. The highest BCUT2D eigenvalue weighted by Crippen LogP contribution is 2.46. The summed E-state index contributed by atoms with van der Waals surface area (Å²) in [5.74, 6) is 2.51. The van der Waals surface area contributed by atoms with Gasteiger partial charge in [0, 0.05) is 0 Å². The normalized spacial score (nSPS) is 17.3. The van der Waals surface area contributed by atoms with Gasteiger partial charge in [-0.1, -0.05) is 67.4 Å². The standard InChI is InChI=1S/C16H23BrO.C3H9N.2C2H6/c1-4-6-11-7-8-12-9-10-14(18-3)16(17)15(12)13(11)5-2;1-3-4-2;2*1-2/h9-11,13H,4-8H2,1-3H3;4H,3H2,1-2H3;2*1-2H3. The van der Waals surface area contributed by atoms with Crippen LogP contribution in [0.2, 0.25) is 0 Å². The molecule has 0 aromatic heterocycles. The minimum atomic E-state index is 0.693. The third-order valence-electron chi connectivity index (χ3n) is 4.63. The van der Waals surface area contributed by atoms with E-state index in [4.69, 9.17) is 4.74 Å². The van der Waals surface area contributed by atoms with Crippen molar-refractivity contribution in [2.45, 2.75) is 86.5 Å². The van der Waals surface area contributed by atoms with Gasteiger partial charge < -0.3 is 10.1 Å². The highest BCUT2D eigenvalue weighted by molar-refractivity contribution is 9.10. The monoisotopic (exact) mass is 429 g/mol. The molecular formula is C23H44BrNO. The van der Waals surface area contributed by atoms with Crippen molar-refractivity contribution in [2.75, 3.05) is 20.7 Å². The van der Waals surface area contributed by atoms with Crippen LogP contribution in [0.4, 0.5) is 0 Å². The van der Waals surface area contributed by atoms with Crippen molar-refractivity contribution in [3.63, 3.8) is 0 Å². The Labute approximate surface area is 172 Å². The van der Waals surface area contributed by atoms with Crippen molar-refractivity contribution in [3.05, 3.63) is 27.7 Å². The molecule has 2 atom stereocenters. The number of hydrogen-bond donors (Lipinski definition) is 1. The zero-order chi connectivity index (χ0) is 20.5. The number of aryl methyl sites for hydroxylation is 1. The van der Waals surface area contributed by atoms with E-state index in [-0.39, 0.29) is 0 Å². The van der Waals surface area contributed by atoms with Crippen LogP contribution < -0.4 is 10.1 Å². The van der Waals surface area contributed by atoms with Crippen LogP contribution in [0.1, 0.15) is 91.2 Å². The molecule has 2 nitrogen and oxygen atoms in total. The number of methoxy groups -OCH3 is 1. The molecule has 1 aliphatic carbocycles. The Hall–Kier alpha value is -0.540. The number of fused-ring (bicyclic) bond motifs is 1. The Kier molecular flexibility index (Phi) is 19.0. The first-order valence-electron chi connectivity index (χ1n) is 10.6. The lowest BCUT2D eigenvalue weighted by Gasteiger charge is -2.34. The zero-order valence-corrected chi connectivity index (χ0v) is 20.4. The second-order valence-corrected chi connectivity index (χ2v) is 6.76. The van der Waals surface area contributed by atoms with Gasteiger partial charge in [-0.05, 0) is 77.8 Å². The summed E-state index contributed by atoms with van der Waals surface area (Å²) in [5.41, 5.74) is 3.03. The second kappa shape index (κ2) is 17.9. The van der Waals surface area contributed by atoms with E-state index >= 15 is 0 Å². The maximum Gasteiger partial charge on any atom is 0.133 e. The van der Waals surface area contributed by atoms with Crippen LogP contribution in [-0.4, -0.2) is 20.7 Å². The lowest BCUT2D eigenvalue weighted by molar-refractivity contribution is 0.334. The molecule has 154 valence electrons. The van der Waals surface area contributed by atoms with Gasteiger partial charge in [0.25, 0.3) is 0 Å². The lowest BCUT2D eigenvalue weighted by Crippen LogP contribution is -2.21. The molecule has 1 aromatic rings. The summed E-state index contributed by atoms with van der Waals surface area (Å²) < 4.78 is 6.64. The molecule has 0 radical (unpaired) electrons. The topological polar surface area (TPSA) is 21.3 Å². The third-order valence-corrected chi connectivity index (χ3v) is 5.45. The van der Waals surface area contributed by atoms with Crippen LogP contribution in [0.15, 0.2) is 16.6 Å². The molecule has 1 N–H and O–H groups in total. The van der Waals surface area contributed by atoms with Crippen molar-refractivity contribution >= 4 is 15.9 Å². The Bertz CT molecular complexity index is 446. The number of benzene rings is 1. The molecule has 0 heterocycles. The zero-order valence-electron chi connectivity index (χ0n) is 18.8. The molecule has 2 rings (SSSR count). The van der Waals surface area contributed by atoms with Crippen LogP contribution in [0.5, 0.6) is 5.75 Å². The first-order valence-corrected chi connectivity index (χ1v) is 11.4. The molecule has 26 heavy (non-hydrogen) atoms. The molecule has 0 saturated heterocycles. The Morgan fingerprint density at radius 3 is 2.12 bits per heavy atom. The van der Waals surface area contributed by atoms with E-state index < -0.39 is 0 Å². The highest BCUT2D eigenvalue weighted by atomic mass is 79.9. The number of rotatable bonds is 5. The first-order chi connectivity index (χ1) is 12.6. The van der Waals surface area contributed by atoms with Crippen LogP contribution in [0, 0.1) is 5.92 Å². The first kappa shape index (κ1) is 27.7. The fourth-order valence-electron chi connectivity index (χ4n) is 3.42. The van der Waals surface area contributed by atoms with Gasteiger partial charge in [0.2, 0.25) is 0 Å². The lowest BCUT2D eigenvalue weighted by atomic mass is 9.72. The summed E-state index contributed by atoms with van der Waals surface area (Å²) in [4.78, 5) is 0. The molecule has 2 unspecified atom stereocenters. The van der Waals surface area contributed by atoms with E-state index in [1.54, 1.807) is 7.11 Å². The molecule has 0 aliphatic heterocycles. The average molecular weight is 431 g/mol. The summed E-state index contributed by atoms with van der Waals surface area (Å²) in [6.07, 6.45) is 6.43. The van der Waals surface area contributed by atoms with Gasteiger partial charge in [-0.15, -0.1) is 0 Å². The molecule has 0 bridgehead atoms. The van der Waals surface area contributed by atoms with Crippen molar-refractivity contribution in [2.24, 2.45) is 5.92 Å². The van der Waals surface area contributed by atoms with Gasteiger partial charge in [-0.2, -0.15) is 0 Å². The van der Waals surface area contributed by atoms with Crippen LogP contribution in [0.25, 0.3) is 0 Å². The molecule has 0 amide bonds. The molecule has 1 aromatic carbocycles. The van der Waals surface area contributed by atoms with Gasteiger partial charge in [0.05, 0.1) is 11.6 Å². The van der Waals surface area contributed by atoms with Crippen molar-refractivity contribution in [1.82, 2.24) is 5.32 Å². The maximum atomic E-state index is 5.45. The van der Waals surface area contributed by atoms with Crippen LogP contribution >= 0.6 is 15.9 Å². The van der Waals surface area contributed by atoms with Gasteiger partial charge in [0.15, 0.2) is 0 Å². The van der Waals surface area contributed by atoms with E-state index in [9.17, 15) is 0 Å². The van der Waals surface area contributed by atoms with Crippen molar-refractivity contribution < 1.29 is 4.74 Å². The fraction of sp³-hybridized carbons (Fsp3) is 0.739. The third kappa shape index (κ3) is 8.43. The summed E-state index contributed by atoms with van der Waals surface area (Å²) >= 11 is 3.76. The Balaban J connectivity index is 0. The predicted octanol–water partition coefficient (Wildman–Crippen LogP) is 7.59. The molecular weight excluding hydrogens is 386 g/mol. The van der Waals surface area contributed by atoms with E-state index in [2.05, 4.69) is 54.2 Å². The Morgan fingerprint density at radius 2 is 1.69 bits per heavy atom. The van der Waals surface area contributed by atoms with Gasteiger partial charge in [-0.25, -0.2) is 0 Å². The minimum Gasteiger partial charge on any atom is -0.496 e. The Morgan fingerprint density at radius 1 is 1.12 bits per heavy atom. The SMILES string of the molecule is CC.CC.CCCC1CCc2ccc(OC)c(Br)c2C1CC.CCNC. The largest absolute Gasteiger partial charge is 0.496 e. The van der Waals surface area contributed by atoms with Crippen LogP contribution in [-0.2, 0) is 6.42 Å². The minimum absolute atomic E-state index is 0.693. The summed E-state index contributed by atoms with van der Waals surface area (Å²) in [6.45, 7) is 15.7. The van der Waals surface area contributed by atoms with Crippen LogP contribution in [0.3, 0.4) is 0 Å². The highest BCUT2D eigenvalue weighted by Gasteiger charge is 2.30. The van der Waals surface area contributed by atoms with E-state index in [0.717, 1.165) is 18.2 Å². The average Bonchev–Trinajstić information content (AvgIpc) is 2.71. The van der Waals surface area contributed by atoms with Gasteiger partial charge in [0.1, 0.15) is 5.75 Å². The molecule has 0 saturated carbocycles. The van der Waals surface area contributed by atoms with Crippen molar-refractivity contribution in [3.8, 4) is 5.75 Å². The molecule has 0 spiro atoms. The van der Waals surface area contributed by atoms with Crippen molar-refractivity contribution in [1.29, 1.82) is 0 Å². The maximum absolute atomic E-state index is 5.45. The van der Waals surface area contributed by atoms with Gasteiger partial charge >= 0.3 is 0 Å². The predicted molar refractivity (Wildman–Crippen MR) is 123 cm³/mol. The fourth-order valence-corrected chi connectivity index (χ4v) is 4.26. The summed E-state index contributed by atoms with van der Waals surface area (Å²) in [5, 5.41) is 2.93. The van der Waals surface area contributed by atoms with E-state index in [0.29, 0.717) is 5.92 Å². The number of nitrogens with one attached hydrogen (secondary N) is 1. The van der Waals surface area contributed by atoms with E-state index in [1.165, 1.54) is 47.7 Å². The summed E-state index contributed by atoms with van der Waals surface area (Å²) in [6, 6.07) is 4.35. The second-order valence-electron chi connectivity index (χ2n) is 5.96. The number of ether oxygens (including phenoxy) is 1. The number of hydrogen-bond acceptors (Lipinski definition) is 2. The quantitative estimate of drug-likeness (QED) is 0.519. The van der Waals surface area contributed by atoms with Gasteiger partial charge in [-0.3, -0.25) is 0 Å². The van der Waals surface area contributed by atoms with E-state index in [1.807, 2.05) is 34.7 Å². The smallest absolute Gasteiger partial charge is 0.133 e. The number of halogens is 1. The molecule has 3 heteroatoms.